The maximum Gasteiger partial charge on any atom is 0.410 e. The average molecular weight is 217 g/mol. The molecule has 4 nitrogen and oxygen atoms in total. The van der Waals surface area contributed by atoms with Gasteiger partial charge in [0.15, 0.2) is 12.0 Å². The largest absolute Gasteiger partial charge is 0.444 e. The highest BCUT2D eigenvalue weighted by molar-refractivity contribution is 5.85. The molecule has 1 atom stereocenters. The number of rotatable bonds is 0. The molecule has 15 heavy (non-hydrogen) atoms. The minimum Gasteiger partial charge on any atom is -0.444 e. The van der Waals surface area contributed by atoms with Gasteiger partial charge in [0.1, 0.15) is 5.60 Å². The van der Waals surface area contributed by atoms with Gasteiger partial charge in [-0.1, -0.05) is 0 Å². The van der Waals surface area contributed by atoms with E-state index in [1.165, 1.54) is 4.90 Å². The van der Waals surface area contributed by atoms with E-state index < -0.39 is 23.6 Å². The van der Waals surface area contributed by atoms with Gasteiger partial charge >= 0.3 is 6.09 Å². The molecule has 0 aromatic rings. The van der Waals surface area contributed by atoms with Gasteiger partial charge in [0.05, 0.1) is 6.54 Å². The number of carbonyl (C=O) groups is 2. The van der Waals surface area contributed by atoms with Crippen molar-refractivity contribution in [1.29, 1.82) is 0 Å². The third kappa shape index (κ3) is 3.49. The molecule has 1 rings (SSSR count). The summed E-state index contributed by atoms with van der Waals surface area (Å²) in [5.74, 6) is -0.435. The first kappa shape index (κ1) is 11.9. The van der Waals surface area contributed by atoms with Crippen LogP contribution in [0.1, 0.15) is 27.2 Å². The summed E-state index contributed by atoms with van der Waals surface area (Å²) in [7, 11) is 0. The smallest absolute Gasteiger partial charge is 0.410 e. The van der Waals surface area contributed by atoms with E-state index in [1.807, 2.05) is 0 Å². The fourth-order valence-electron chi connectivity index (χ4n) is 1.28. The van der Waals surface area contributed by atoms with E-state index in [0.717, 1.165) is 0 Å². The lowest BCUT2D eigenvalue weighted by Crippen LogP contribution is -2.47. The van der Waals surface area contributed by atoms with Crippen LogP contribution in [-0.2, 0) is 9.53 Å². The summed E-state index contributed by atoms with van der Waals surface area (Å²) >= 11 is 0. The third-order valence-electron chi connectivity index (χ3n) is 2.01. The van der Waals surface area contributed by atoms with Gasteiger partial charge in [-0.05, 0) is 20.8 Å². The lowest BCUT2D eigenvalue weighted by atomic mass is 10.1. The van der Waals surface area contributed by atoms with Gasteiger partial charge in [0, 0.05) is 13.0 Å². The zero-order valence-electron chi connectivity index (χ0n) is 9.25. The quantitative estimate of drug-likeness (QED) is 0.618. The number of Topliss-reactive ketones (excluding diaryl/α,β-unsaturated/α-hetero) is 1. The first-order valence-electron chi connectivity index (χ1n) is 4.94. The number of hydrogen-bond donors (Lipinski definition) is 0. The van der Waals surface area contributed by atoms with Gasteiger partial charge in [0.25, 0.3) is 0 Å². The van der Waals surface area contributed by atoms with Crippen LogP contribution in [-0.4, -0.2) is 41.6 Å². The third-order valence-corrected chi connectivity index (χ3v) is 2.01. The molecule has 0 N–H and O–H groups in total. The molecule has 1 aliphatic heterocycles. The summed E-state index contributed by atoms with van der Waals surface area (Å²) in [5.41, 5.74) is -0.593. The number of ketones is 1. The normalized spacial score (nSPS) is 22.8. The zero-order valence-corrected chi connectivity index (χ0v) is 9.25. The van der Waals surface area contributed by atoms with Crippen molar-refractivity contribution in [2.75, 3.05) is 13.1 Å². The number of halogens is 1. The van der Waals surface area contributed by atoms with Crippen LogP contribution in [0.15, 0.2) is 0 Å². The Morgan fingerprint density at radius 1 is 1.53 bits per heavy atom. The molecule has 1 fully saturated rings. The van der Waals surface area contributed by atoms with E-state index in [4.69, 9.17) is 4.74 Å². The maximum atomic E-state index is 13.0. The van der Waals surface area contributed by atoms with E-state index in [2.05, 4.69) is 0 Å². The zero-order chi connectivity index (χ0) is 11.6. The van der Waals surface area contributed by atoms with E-state index in [-0.39, 0.29) is 19.5 Å². The van der Waals surface area contributed by atoms with Crippen LogP contribution in [0.25, 0.3) is 0 Å². The summed E-state index contributed by atoms with van der Waals surface area (Å²) in [4.78, 5) is 23.6. The van der Waals surface area contributed by atoms with Crippen LogP contribution in [0.2, 0.25) is 0 Å². The molecule has 0 aliphatic carbocycles. The van der Waals surface area contributed by atoms with Gasteiger partial charge < -0.3 is 9.64 Å². The van der Waals surface area contributed by atoms with Gasteiger partial charge in [-0.15, -0.1) is 0 Å². The lowest BCUT2D eigenvalue weighted by Gasteiger charge is -2.30. The van der Waals surface area contributed by atoms with Crippen molar-refractivity contribution in [3.8, 4) is 0 Å². The number of alkyl halides is 1. The highest BCUT2D eigenvalue weighted by Crippen LogP contribution is 2.14. The predicted molar refractivity (Wildman–Crippen MR) is 52.3 cm³/mol. The van der Waals surface area contributed by atoms with Crippen molar-refractivity contribution < 1.29 is 18.7 Å². The second-order valence-electron chi connectivity index (χ2n) is 4.61. The summed E-state index contributed by atoms with van der Waals surface area (Å²) in [6, 6.07) is 0. The lowest BCUT2D eigenvalue weighted by molar-refractivity contribution is -0.127. The molecule has 1 amide bonds. The van der Waals surface area contributed by atoms with Crippen molar-refractivity contribution >= 4 is 11.9 Å². The molecule has 1 saturated heterocycles. The fourth-order valence-corrected chi connectivity index (χ4v) is 1.28. The van der Waals surface area contributed by atoms with Crippen LogP contribution in [0.5, 0.6) is 0 Å². The van der Waals surface area contributed by atoms with Crippen LogP contribution in [0.4, 0.5) is 9.18 Å². The molecule has 0 aromatic carbocycles. The first-order chi connectivity index (χ1) is 6.79. The second-order valence-corrected chi connectivity index (χ2v) is 4.61. The number of nitrogens with zero attached hydrogens (tertiary/aromatic N) is 1. The second kappa shape index (κ2) is 4.16. The van der Waals surface area contributed by atoms with Crippen molar-refractivity contribution in [1.82, 2.24) is 4.90 Å². The molecule has 0 spiro atoms. The molecule has 1 aliphatic rings. The van der Waals surface area contributed by atoms with Crippen LogP contribution in [0, 0.1) is 0 Å². The number of ether oxygens (including phenoxy) is 1. The number of piperidine rings is 1. The van der Waals surface area contributed by atoms with E-state index in [9.17, 15) is 14.0 Å². The SMILES string of the molecule is CC(C)(C)OC(=O)N1CCC(=O)[C@@H](F)C1. The van der Waals surface area contributed by atoms with E-state index in [1.54, 1.807) is 20.8 Å². The average Bonchev–Trinajstić information content (AvgIpc) is 2.06. The van der Waals surface area contributed by atoms with Gasteiger partial charge in [-0.25, -0.2) is 9.18 Å². The molecule has 0 aromatic heterocycles. The molecule has 86 valence electrons. The molecular weight excluding hydrogens is 201 g/mol. The Morgan fingerprint density at radius 2 is 2.13 bits per heavy atom. The molecule has 0 saturated carbocycles. The number of carbonyl (C=O) groups excluding carboxylic acids is 2. The van der Waals surface area contributed by atoms with Crippen LogP contribution in [0.3, 0.4) is 0 Å². The number of amides is 1. The highest BCUT2D eigenvalue weighted by atomic mass is 19.1. The topological polar surface area (TPSA) is 46.6 Å². The molecular formula is C10H16FNO3. The Hall–Kier alpha value is -1.13. The fraction of sp³-hybridized carbons (Fsp3) is 0.800. The van der Waals surface area contributed by atoms with Crippen molar-refractivity contribution in [3.63, 3.8) is 0 Å². The van der Waals surface area contributed by atoms with Crippen LogP contribution >= 0.6 is 0 Å². The van der Waals surface area contributed by atoms with Crippen LogP contribution < -0.4 is 0 Å². The summed E-state index contributed by atoms with van der Waals surface area (Å²) < 4.78 is 18.1. The molecule has 1 heterocycles. The van der Waals surface area contributed by atoms with Gasteiger partial charge in [-0.3, -0.25) is 4.79 Å². The molecule has 0 unspecified atom stereocenters. The molecule has 5 heteroatoms. The van der Waals surface area contributed by atoms with Gasteiger partial charge in [-0.2, -0.15) is 0 Å². The first-order valence-corrected chi connectivity index (χ1v) is 4.94. The Morgan fingerprint density at radius 3 is 2.60 bits per heavy atom. The van der Waals surface area contributed by atoms with Crippen molar-refractivity contribution in [2.45, 2.75) is 39.0 Å². The Bertz CT molecular complexity index is 272. The van der Waals surface area contributed by atoms with E-state index >= 15 is 0 Å². The summed E-state index contributed by atoms with van der Waals surface area (Å²) in [6.45, 7) is 5.29. The van der Waals surface area contributed by atoms with Crippen molar-refractivity contribution in [2.24, 2.45) is 0 Å². The molecule has 0 radical (unpaired) electrons. The van der Waals surface area contributed by atoms with E-state index in [0.29, 0.717) is 0 Å². The number of hydrogen-bond acceptors (Lipinski definition) is 3. The summed E-state index contributed by atoms with van der Waals surface area (Å²) in [5, 5.41) is 0. The minimum atomic E-state index is -1.56. The Balaban J connectivity index is 2.51. The monoisotopic (exact) mass is 217 g/mol. The Labute approximate surface area is 88.4 Å². The molecule has 0 bridgehead atoms. The maximum absolute atomic E-state index is 13.0. The van der Waals surface area contributed by atoms with Crippen molar-refractivity contribution in [3.05, 3.63) is 0 Å². The highest BCUT2D eigenvalue weighted by Gasteiger charge is 2.31. The minimum absolute atomic E-state index is 0.0699. The standard InChI is InChI=1S/C10H16FNO3/c1-10(2,3)15-9(14)12-5-4-8(13)7(11)6-12/h7H,4-6H2,1-3H3/t7-/m0/s1. The van der Waals surface area contributed by atoms with Gasteiger partial charge in [0.2, 0.25) is 0 Å². The predicted octanol–water partition coefficient (Wildman–Crippen LogP) is 1.53. The summed E-state index contributed by atoms with van der Waals surface area (Å²) in [6.07, 6.45) is -2.05. The number of likely N-dealkylation sites (tertiary alicyclic amines) is 1. The Kier molecular flexibility index (Phi) is 3.31.